The van der Waals surface area contributed by atoms with E-state index in [0.717, 1.165) is 16.7 Å². The van der Waals surface area contributed by atoms with Crippen molar-refractivity contribution in [2.24, 2.45) is 0 Å². The highest BCUT2D eigenvalue weighted by atomic mass is 16.3. The number of nitrogens with one attached hydrogen (secondary N) is 1. The molecule has 21 heavy (non-hydrogen) atoms. The Bertz CT molecular complexity index is 635. The largest absolute Gasteiger partial charge is 0.504 e. The van der Waals surface area contributed by atoms with Gasteiger partial charge in [0.25, 0.3) is 0 Å². The molecule has 0 unspecified atom stereocenters. The van der Waals surface area contributed by atoms with Gasteiger partial charge in [-0.1, -0.05) is 30.3 Å². The number of ketones is 1. The van der Waals surface area contributed by atoms with E-state index < -0.39 is 0 Å². The number of Topliss-reactive ketones (excluding diaryl/α,β-unsaturated/α-hetero) is 1. The van der Waals surface area contributed by atoms with Crippen molar-refractivity contribution < 1.29 is 15.0 Å². The molecule has 2 rings (SSSR count). The Hall–Kier alpha value is -2.33. The van der Waals surface area contributed by atoms with Crippen LogP contribution in [0.5, 0.6) is 11.5 Å². The van der Waals surface area contributed by atoms with E-state index in [4.69, 9.17) is 0 Å². The number of hydrogen-bond donors (Lipinski definition) is 3. The maximum absolute atomic E-state index is 11.4. The number of phenolic OH excluding ortho intramolecular Hbond substituents is 2. The molecule has 2 aromatic carbocycles. The molecule has 0 radical (unpaired) electrons. The van der Waals surface area contributed by atoms with Crippen LogP contribution in [0.15, 0.2) is 42.5 Å². The molecule has 4 nitrogen and oxygen atoms in total. The Morgan fingerprint density at radius 3 is 2.19 bits per heavy atom. The number of aromatic hydroxyl groups is 2. The molecule has 0 aliphatic rings. The number of phenols is 2. The molecule has 0 aliphatic carbocycles. The van der Waals surface area contributed by atoms with Crippen LogP contribution < -0.4 is 5.32 Å². The zero-order chi connectivity index (χ0) is 15.4. The molecule has 110 valence electrons. The van der Waals surface area contributed by atoms with Gasteiger partial charge < -0.3 is 15.5 Å². The monoisotopic (exact) mass is 285 g/mol. The van der Waals surface area contributed by atoms with Crippen LogP contribution in [0, 0.1) is 0 Å². The van der Waals surface area contributed by atoms with Crippen molar-refractivity contribution in [2.45, 2.75) is 19.4 Å². The zero-order valence-corrected chi connectivity index (χ0v) is 12.1. The first-order chi connectivity index (χ1) is 10.0. The number of carbonyl (C=O) groups is 1. The Morgan fingerprint density at radius 1 is 1.05 bits per heavy atom. The van der Waals surface area contributed by atoms with Crippen LogP contribution >= 0.6 is 0 Å². The minimum atomic E-state index is -0.173. The average molecular weight is 285 g/mol. The Kier molecular flexibility index (Phi) is 4.60. The van der Waals surface area contributed by atoms with E-state index in [1.807, 2.05) is 24.3 Å². The van der Waals surface area contributed by atoms with Gasteiger partial charge in [0.15, 0.2) is 11.5 Å². The fourth-order valence-electron chi connectivity index (χ4n) is 2.22. The highest BCUT2D eigenvalue weighted by Crippen LogP contribution is 2.30. The number of rotatable bonds is 5. The number of hydrogen-bond acceptors (Lipinski definition) is 4. The molecule has 0 aliphatic heterocycles. The summed E-state index contributed by atoms with van der Waals surface area (Å²) in [5.74, 6) is -0.151. The number of carbonyl (C=O) groups excluding carboxylic acids is 1. The van der Waals surface area contributed by atoms with Crippen molar-refractivity contribution in [3.63, 3.8) is 0 Å². The average Bonchev–Trinajstić information content (AvgIpc) is 2.48. The van der Waals surface area contributed by atoms with Crippen LogP contribution in [-0.2, 0) is 11.2 Å². The summed E-state index contributed by atoms with van der Waals surface area (Å²) in [4.78, 5) is 11.4. The van der Waals surface area contributed by atoms with Crippen molar-refractivity contribution >= 4 is 5.78 Å². The second-order valence-electron chi connectivity index (χ2n) is 5.06. The fraction of sp³-hybridized carbons (Fsp3) is 0.235. The summed E-state index contributed by atoms with van der Waals surface area (Å²) >= 11 is 0. The minimum absolute atomic E-state index is 0.116. The van der Waals surface area contributed by atoms with Gasteiger partial charge in [0.05, 0.1) is 6.04 Å². The van der Waals surface area contributed by atoms with E-state index in [1.165, 1.54) is 12.1 Å². The van der Waals surface area contributed by atoms with Crippen LogP contribution in [0.2, 0.25) is 0 Å². The fourth-order valence-corrected chi connectivity index (χ4v) is 2.22. The lowest BCUT2D eigenvalue weighted by atomic mass is 9.99. The van der Waals surface area contributed by atoms with E-state index >= 15 is 0 Å². The first kappa shape index (κ1) is 15.1. The Morgan fingerprint density at radius 2 is 1.67 bits per heavy atom. The summed E-state index contributed by atoms with van der Waals surface area (Å²) in [7, 11) is 1.78. The van der Waals surface area contributed by atoms with Gasteiger partial charge in [-0.25, -0.2) is 0 Å². The molecule has 0 fully saturated rings. The molecule has 0 aromatic heterocycles. The van der Waals surface area contributed by atoms with Gasteiger partial charge in [-0.05, 0) is 49.2 Å². The summed E-state index contributed by atoms with van der Waals surface area (Å²) in [5, 5.41) is 21.9. The molecule has 0 amide bonds. The van der Waals surface area contributed by atoms with Crippen molar-refractivity contribution in [1.29, 1.82) is 0 Å². The van der Waals surface area contributed by atoms with Crippen molar-refractivity contribution in [2.75, 3.05) is 7.05 Å². The third-order valence-electron chi connectivity index (χ3n) is 3.54. The molecule has 1 atom stereocenters. The summed E-state index contributed by atoms with van der Waals surface area (Å²) in [6.45, 7) is 1.58. The standard InChI is InChI=1S/C17H19NO3/c1-11(19)15(18-2)9-12-3-5-13(6-4-12)14-7-8-16(20)17(21)10-14/h3-8,10,15,18,20-21H,9H2,1-2H3/t15-/m0/s1. The van der Waals surface area contributed by atoms with Gasteiger partial charge in [0.1, 0.15) is 5.78 Å². The highest BCUT2D eigenvalue weighted by Gasteiger charge is 2.12. The third-order valence-corrected chi connectivity index (χ3v) is 3.54. The number of benzene rings is 2. The van der Waals surface area contributed by atoms with Crippen LogP contribution in [0.25, 0.3) is 11.1 Å². The van der Waals surface area contributed by atoms with Crippen molar-refractivity contribution in [1.82, 2.24) is 5.32 Å². The van der Waals surface area contributed by atoms with Gasteiger partial charge in [0.2, 0.25) is 0 Å². The Labute approximate surface area is 124 Å². The SMILES string of the molecule is CN[C@@H](Cc1ccc(-c2ccc(O)c(O)c2)cc1)C(C)=O. The third kappa shape index (κ3) is 3.61. The lowest BCUT2D eigenvalue weighted by Crippen LogP contribution is -2.34. The van der Waals surface area contributed by atoms with Gasteiger partial charge in [-0.3, -0.25) is 4.79 Å². The molecule has 0 spiro atoms. The highest BCUT2D eigenvalue weighted by molar-refractivity contribution is 5.81. The smallest absolute Gasteiger partial charge is 0.158 e. The molecule has 0 saturated carbocycles. The van der Waals surface area contributed by atoms with E-state index in [1.54, 1.807) is 20.0 Å². The maximum Gasteiger partial charge on any atom is 0.158 e. The second kappa shape index (κ2) is 6.41. The molecule has 0 bridgehead atoms. The lowest BCUT2D eigenvalue weighted by Gasteiger charge is -2.13. The predicted molar refractivity (Wildman–Crippen MR) is 82.4 cm³/mol. The van der Waals surface area contributed by atoms with Crippen molar-refractivity contribution in [3.8, 4) is 22.6 Å². The van der Waals surface area contributed by atoms with E-state index in [0.29, 0.717) is 6.42 Å². The summed E-state index contributed by atoms with van der Waals surface area (Å²) in [5.41, 5.74) is 2.84. The summed E-state index contributed by atoms with van der Waals surface area (Å²) < 4.78 is 0. The molecule has 0 heterocycles. The van der Waals surface area contributed by atoms with Crippen molar-refractivity contribution in [3.05, 3.63) is 48.0 Å². The molecule has 4 heteroatoms. The Balaban J connectivity index is 2.18. The van der Waals surface area contributed by atoms with Crippen LogP contribution in [0.4, 0.5) is 0 Å². The first-order valence-electron chi connectivity index (χ1n) is 6.80. The zero-order valence-electron chi connectivity index (χ0n) is 12.1. The van der Waals surface area contributed by atoms with Crippen LogP contribution in [0.3, 0.4) is 0 Å². The van der Waals surface area contributed by atoms with Gasteiger partial charge in [0, 0.05) is 0 Å². The molecule has 3 N–H and O–H groups in total. The lowest BCUT2D eigenvalue weighted by molar-refractivity contribution is -0.118. The summed E-state index contributed by atoms with van der Waals surface area (Å²) in [6, 6.07) is 12.4. The van der Waals surface area contributed by atoms with Gasteiger partial charge in [-0.2, -0.15) is 0 Å². The summed E-state index contributed by atoms with van der Waals surface area (Å²) in [6.07, 6.45) is 0.646. The first-order valence-corrected chi connectivity index (χ1v) is 6.80. The van der Waals surface area contributed by atoms with Gasteiger partial charge >= 0.3 is 0 Å². The van der Waals surface area contributed by atoms with Gasteiger partial charge in [-0.15, -0.1) is 0 Å². The number of likely N-dealkylation sites (N-methyl/N-ethyl adjacent to an activating group) is 1. The molecule has 2 aromatic rings. The van der Waals surface area contributed by atoms with E-state index in [-0.39, 0.29) is 23.3 Å². The van der Waals surface area contributed by atoms with E-state index in [2.05, 4.69) is 5.32 Å². The molecular formula is C17H19NO3. The van der Waals surface area contributed by atoms with E-state index in [9.17, 15) is 15.0 Å². The topological polar surface area (TPSA) is 69.6 Å². The predicted octanol–water partition coefficient (Wildman–Crippen LogP) is 2.48. The maximum atomic E-state index is 11.4. The normalized spacial score (nSPS) is 12.1. The molecular weight excluding hydrogens is 266 g/mol. The quantitative estimate of drug-likeness (QED) is 0.738. The van der Waals surface area contributed by atoms with Crippen LogP contribution in [0.1, 0.15) is 12.5 Å². The second-order valence-corrected chi connectivity index (χ2v) is 5.06. The van der Waals surface area contributed by atoms with Crippen LogP contribution in [-0.4, -0.2) is 29.1 Å². The minimum Gasteiger partial charge on any atom is -0.504 e. The molecule has 0 saturated heterocycles.